The molecule has 0 bridgehead atoms. The molecule has 5 nitrogen and oxygen atoms in total. The van der Waals surface area contributed by atoms with Crippen LogP contribution in [-0.2, 0) is 0 Å². The Balaban J connectivity index is 0.00000312. The van der Waals surface area contributed by atoms with Gasteiger partial charge in [-0.1, -0.05) is 24.6 Å². The molecule has 1 aromatic rings. The van der Waals surface area contributed by atoms with E-state index < -0.39 is 0 Å². The van der Waals surface area contributed by atoms with Crippen LogP contribution >= 0.6 is 47.1 Å². The molecule has 25 heavy (non-hydrogen) atoms. The molecular weight excluding hydrogens is 465 g/mol. The van der Waals surface area contributed by atoms with E-state index in [1.54, 1.807) is 11.3 Å². The lowest BCUT2D eigenvalue weighted by Gasteiger charge is -2.20. The summed E-state index contributed by atoms with van der Waals surface area (Å²) in [6.45, 7) is 5.70. The summed E-state index contributed by atoms with van der Waals surface area (Å²) in [5, 5.41) is 8.84. The van der Waals surface area contributed by atoms with Crippen molar-refractivity contribution in [3.05, 3.63) is 11.6 Å². The standard InChI is InChI=1S/C17H31N5S2.HI/c1-18-16(20-9-7-14-23-17-21-10-15-24-17)19-8-6-13-22-11-4-2-3-5-12-22;/h10,15H,2-9,11-14H2,1H3,(H2,18,19,20);1H. The van der Waals surface area contributed by atoms with Gasteiger partial charge < -0.3 is 15.5 Å². The van der Waals surface area contributed by atoms with Crippen LogP contribution in [0.5, 0.6) is 0 Å². The Bertz CT molecular complexity index is 448. The fourth-order valence-corrected chi connectivity index (χ4v) is 4.46. The van der Waals surface area contributed by atoms with E-state index in [0.29, 0.717) is 0 Å². The maximum atomic E-state index is 4.30. The molecule has 0 aromatic carbocycles. The highest BCUT2D eigenvalue weighted by atomic mass is 127. The molecule has 0 aliphatic carbocycles. The molecule has 0 unspecified atom stereocenters. The smallest absolute Gasteiger partial charge is 0.190 e. The summed E-state index contributed by atoms with van der Waals surface area (Å²) < 4.78 is 1.16. The van der Waals surface area contributed by atoms with Gasteiger partial charge in [0, 0.05) is 37.5 Å². The van der Waals surface area contributed by atoms with E-state index in [9.17, 15) is 0 Å². The van der Waals surface area contributed by atoms with Gasteiger partial charge >= 0.3 is 0 Å². The first kappa shape index (κ1) is 23.0. The normalized spacial score (nSPS) is 16.1. The predicted molar refractivity (Wildman–Crippen MR) is 122 cm³/mol. The molecule has 144 valence electrons. The summed E-state index contributed by atoms with van der Waals surface area (Å²) in [4.78, 5) is 11.2. The first-order chi connectivity index (χ1) is 11.9. The van der Waals surface area contributed by atoms with Crippen molar-refractivity contribution in [3.63, 3.8) is 0 Å². The number of nitrogens with one attached hydrogen (secondary N) is 2. The quantitative estimate of drug-likeness (QED) is 0.179. The maximum absolute atomic E-state index is 4.30. The van der Waals surface area contributed by atoms with Gasteiger partial charge in [-0.25, -0.2) is 4.98 Å². The van der Waals surface area contributed by atoms with E-state index in [-0.39, 0.29) is 24.0 Å². The third kappa shape index (κ3) is 10.6. The number of guanidine groups is 1. The van der Waals surface area contributed by atoms with Crippen molar-refractivity contribution in [2.24, 2.45) is 4.99 Å². The van der Waals surface area contributed by atoms with E-state index in [1.165, 1.54) is 51.7 Å². The monoisotopic (exact) mass is 497 g/mol. The number of aliphatic imine (C=N–C) groups is 1. The van der Waals surface area contributed by atoms with Crippen LogP contribution < -0.4 is 10.6 Å². The van der Waals surface area contributed by atoms with Gasteiger partial charge in [-0.05, 0) is 45.3 Å². The van der Waals surface area contributed by atoms with Gasteiger partial charge in [-0.2, -0.15) is 0 Å². The summed E-state index contributed by atoms with van der Waals surface area (Å²) in [5.41, 5.74) is 0. The molecule has 0 saturated carbocycles. The molecule has 2 rings (SSSR count). The molecule has 0 atom stereocenters. The lowest BCUT2D eigenvalue weighted by molar-refractivity contribution is 0.282. The average Bonchev–Trinajstić information content (AvgIpc) is 2.98. The first-order valence-corrected chi connectivity index (χ1v) is 10.9. The van der Waals surface area contributed by atoms with Crippen molar-refractivity contribution in [2.75, 3.05) is 45.5 Å². The first-order valence-electron chi connectivity index (χ1n) is 9.07. The van der Waals surface area contributed by atoms with Crippen LogP contribution in [0.15, 0.2) is 20.9 Å². The number of hydrogen-bond acceptors (Lipinski definition) is 5. The number of nitrogens with zero attached hydrogens (tertiary/aromatic N) is 3. The second kappa shape index (κ2) is 15.0. The molecule has 1 aliphatic rings. The average molecular weight is 498 g/mol. The number of aromatic nitrogens is 1. The highest BCUT2D eigenvalue weighted by Crippen LogP contribution is 2.20. The number of rotatable bonds is 9. The number of halogens is 1. The largest absolute Gasteiger partial charge is 0.356 e. The molecule has 0 radical (unpaired) electrons. The van der Waals surface area contributed by atoms with Crippen molar-refractivity contribution < 1.29 is 0 Å². The fourth-order valence-electron chi connectivity index (χ4n) is 2.81. The second-order valence-corrected chi connectivity index (χ2v) is 8.27. The minimum Gasteiger partial charge on any atom is -0.356 e. The summed E-state index contributed by atoms with van der Waals surface area (Å²) in [7, 11) is 1.84. The lowest BCUT2D eigenvalue weighted by atomic mass is 10.2. The van der Waals surface area contributed by atoms with E-state index in [0.717, 1.165) is 35.6 Å². The summed E-state index contributed by atoms with van der Waals surface area (Å²) >= 11 is 3.54. The van der Waals surface area contributed by atoms with E-state index in [4.69, 9.17) is 0 Å². The zero-order valence-corrected chi connectivity index (χ0v) is 19.2. The molecule has 2 heterocycles. The van der Waals surface area contributed by atoms with Crippen LogP contribution in [0.2, 0.25) is 0 Å². The molecule has 1 saturated heterocycles. The Morgan fingerprint density at radius 2 is 1.92 bits per heavy atom. The Kier molecular flexibility index (Phi) is 13.8. The van der Waals surface area contributed by atoms with Crippen LogP contribution in [0.4, 0.5) is 0 Å². The Morgan fingerprint density at radius 3 is 2.56 bits per heavy atom. The number of likely N-dealkylation sites (tertiary alicyclic amines) is 1. The minimum absolute atomic E-state index is 0. The van der Waals surface area contributed by atoms with Gasteiger partial charge in [0.15, 0.2) is 5.96 Å². The summed E-state index contributed by atoms with van der Waals surface area (Å²) in [6, 6.07) is 0. The molecular formula is C17H32IN5S2. The van der Waals surface area contributed by atoms with E-state index >= 15 is 0 Å². The van der Waals surface area contributed by atoms with Crippen LogP contribution in [0.1, 0.15) is 38.5 Å². The van der Waals surface area contributed by atoms with Crippen LogP contribution in [0, 0.1) is 0 Å². The van der Waals surface area contributed by atoms with Crippen LogP contribution in [0.25, 0.3) is 0 Å². The van der Waals surface area contributed by atoms with Gasteiger partial charge in [0.25, 0.3) is 0 Å². The summed E-state index contributed by atoms with van der Waals surface area (Å²) in [5.74, 6) is 2.01. The number of thioether (sulfide) groups is 1. The third-order valence-corrected chi connectivity index (χ3v) is 6.17. The molecule has 1 aliphatic heterocycles. The highest BCUT2D eigenvalue weighted by molar-refractivity contribution is 14.0. The van der Waals surface area contributed by atoms with Gasteiger partial charge in [0.05, 0.1) is 0 Å². The highest BCUT2D eigenvalue weighted by Gasteiger charge is 2.08. The van der Waals surface area contributed by atoms with Gasteiger partial charge in [0.2, 0.25) is 0 Å². The Morgan fingerprint density at radius 1 is 1.20 bits per heavy atom. The summed E-state index contributed by atoms with van der Waals surface area (Å²) in [6.07, 6.45) is 9.71. The van der Waals surface area contributed by atoms with Crippen molar-refractivity contribution >= 4 is 53.0 Å². The van der Waals surface area contributed by atoms with Crippen molar-refractivity contribution in [3.8, 4) is 0 Å². The Hall–Kier alpha value is -0.0600. The molecule has 8 heteroatoms. The molecule has 1 fully saturated rings. The van der Waals surface area contributed by atoms with E-state index in [2.05, 4.69) is 25.5 Å². The minimum atomic E-state index is 0. The van der Waals surface area contributed by atoms with Gasteiger partial charge in [-0.3, -0.25) is 4.99 Å². The number of thiazole rings is 1. The van der Waals surface area contributed by atoms with E-state index in [1.807, 2.05) is 30.4 Å². The molecule has 2 N–H and O–H groups in total. The molecule has 0 amide bonds. The van der Waals surface area contributed by atoms with Crippen LogP contribution in [-0.4, -0.2) is 61.4 Å². The number of hydrogen-bond donors (Lipinski definition) is 2. The maximum Gasteiger partial charge on any atom is 0.190 e. The molecule has 1 aromatic heterocycles. The fraction of sp³-hybridized carbons (Fsp3) is 0.765. The van der Waals surface area contributed by atoms with Crippen molar-refractivity contribution in [1.82, 2.24) is 20.5 Å². The third-order valence-electron chi connectivity index (χ3n) is 4.11. The topological polar surface area (TPSA) is 52.6 Å². The Labute approximate surface area is 177 Å². The van der Waals surface area contributed by atoms with Crippen molar-refractivity contribution in [1.29, 1.82) is 0 Å². The predicted octanol–water partition coefficient (Wildman–Crippen LogP) is 3.67. The van der Waals surface area contributed by atoms with Gasteiger partial charge in [-0.15, -0.1) is 35.3 Å². The van der Waals surface area contributed by atoms with Crippen LogP contribution in [0.3, 0.4) is 0 Å². The van der Waals surface area contributed by atoms with Gasteiger partial charge in [0.1, 0.15) is 4.34 Å². The second-order valence-electron chi connectivity index (χ2n) is 6.04. The lowest BCUT2D eigenvalue weighted by Crippen LogP contribution is -2.39. The zero-order valence-electron chi connectivity index (χ0n) is 15.2. The zero-order chi connectivity index (χ0) is 16.9. The SMILES string of the molecule is CN=C(NCCCSc1nccs1)NCCCN1CCCCCC1.I. The van der Waals surface area contributed by atoms with Crippen molar-refractivity contribution in [2.45, 2.75) is 42.9 Å². The molecule has 0 spiro atoms.